The van der Waals surface area contributed by atoms with Gasteiger partial charge in [-0.15, -0.1) is 5.10 Å². The molecular weight excluding hydrogens is 353 g/mol. The molecule has 1 aliphatic rings. The largest absolute Gasteiger partial charge is 0.434 e. The van der Waals surface area contributed by atoms with Crippen molar-refractivity contribution >= 4 is 5.69 Å². The number of anilines is 1. The van der Waals surface area contributed by atoms with Crippen molar-refractivity contribution in [1.29, 1.82) is 0 Å². The molecule has 1 fully saturated rings. The van der Waals surface area contributed by atoms with E-state index in [0.29, 0.717) is 5.92 Å². The highest BCUT2D eigenvalue weighted by molar-refractivity contribution is 5.68. The Morgan fingerprint density at radius 1 is 1.35 bits per heavy atom. The number of rotatable bonds is 6. The van der Waals surface area contributed by atoms with Crippen molar-refractivity contribution in [2.75, 3.05) is 18.4 Å². The number of alkyl halides is 2. The molecule has 7 nitrogen and oxygen atoms in total. The predicted molar refractivity (Wildman–Crippen MR) is 87.8 cm³/mol. The molecule has 1 aliphatic heterocycles. The van der Waals surface area contributed by atoms with E-state index in [2.05, 4.69) is 25.6 Å². The first-order valence-electron chi connectivity index (χ1n) is 8.25. The Hall–Kier alpha value is -2.49. The fraction of sp³-hybridized carbons (Fsp3) is 0.500. The maximum Gasteiger partial charge on any atom is 0.434 e. The number of hydrogen-bond donors (Lipinski definition) is 3. The first-order valence-corrected chi connectivity index (χ1v) is 8.25. The molecule has 3 rings (SSSR count). The number of ether oxygens (including phenoxy) is 1. The minimum atomic E-state index is -3.17. The first kappa shape index (κ1) is 18.3. The SMILES string of the molecule is C[C@H](Nc1cc(-c2n[nH]c(=O)o2)cc(F)c1OC(F)F)C1CCNCC1. The number of aromatic amines is 1. The molecule has 0 bridgehead atoms. The molecule has 1 aromatic heterocycles. The van der Waals surface area contributed by atoms with Crippen LogP contribution in [-0.2, 0) is 0 Å². The molecule has 3 N–H and O–H groups in total. The van der Waals surface area contributed by atoms with Gasteiger partial charge in [0.25, 0.3) is 0 Å². The number of benzene rings is 1. The normalized spacial score (nSPS) is 16.7. The van der Waals surface area contributed by atoms with Crippen LogP contribution in [0.25, 0.3) is 11.5 Å². The Morgan fingerprint density at radius 3 is 2.69 bits per heavy atom. The van der Waals surface area contributed by atoms with Crippen LogP contribution in [0.15, 0.2) is 21.3 Å². The molecule has 0 unspecified atom stereocenters. The van der Waals surface area contributed by atoms with Gasteiger partial charge in [-0.2, -0.15) is 8.78 Å². The number of piperidine rings is 1. The van der Waals surface area contributed by atoms with Crippen molar-refractivity contribution in [3.63, 3.8) is 0 Å². The lowest BCUT2D eigenvalue weighted by molar-refractivity contribution is -0.0517. The highest BCUT2D eigenvalue weighted by atomic mass is 19.3. The molecular formula is C16H19F3N4O3. The van der Waals surface area contributed by atoms with Crippen molar-refractivity contribution in [3.05, 3.63) is 28.5 Å². The molecule has 0 aliphatic carbocycles. The Kier molecular flexibility index (Phi) is 5.50. The van der Waals surface area contributed by atoms with Crippen LogP contribution in [-0.4, -0.2) is 35.9 Å². The summed E-state index contributed by atoms with van der Waals surface area (Å²) in [5.74, 6) is -2.23. The zero-order valence-electron chi connectivity index (χ0n) is 14.0. The van der Waals surface area contributed by atoms with Gasteiger partial charge in [0.2, 0.25) is 5.89 Å². The van der Waals surface area contributed by atoms with Crippen LogP contribution >= 0.6 is 0 Å². The van der Waals surface area contributed by atoms with Crippen LogP contribution in [0.3, 0.4) is 0 Å². The molecule has 1 atom stereocenters. The quantitative estimate of drug-likeness (QED) is 0.722. The van der Waals surface area contributed by atoms with Crippen molar-refractivity contribution < 1.29 is 22.3 Å². The van der Waals surface area contributed by atoms with Gasteiger partial charge in [0.05, 0.1) is 5.69 Å². The lowest BCUT2D eigenvalue weighted by Gasteiger charge is -2.30. The second-order valence-electron chi connectivity index (χ2n) is 6.15. The zero-order chi connectivity index (χ0) is 18.7. The summed E-state index contributed by atoms with van der Waals surface area (Å²) >= 11 is 0. The van der Waals surface area contributed by atoms with Crippen LogP contribution < -0.4 is 21.1 Å². The number of nitrogens with zero attached hydrogens (tertiary/aromatic N) is 1. The van der Waals surface area contributed by atoms with Gasteiger partial charge in [-0.3, -0.25) is 0 Å². The van der Waals surface area contributed by atoms with Crippen LogP contribution in [0.4, 0.5) is 18.9 Å². The van der Waals surface area contributed by atoms with Crippen LogP contribution in [0, 0.1) is 11.7 Å². The number of halogens is 3. The summed E-state index contributed by atoms with van der Waals surface area (Å²) in [4.78, 5) is 11.1. The zero-order valence-corrected chi connectivity index (χ0v) is 14.0. The number of nitrogens with one attached hydrogen (secondary N) is 3. The van der Waals surface area contributed by atoms with Gasteiger partial charge >= 0.3 is 12.4 Å². The Labute approximate surface area is 146 Å². The highest BCUT2D eigenvalue weighted by Crippen LogP contribution is 2.35. The summed E-state index contributed by atoms with van der Waals surface area (Å²) in [5.41, 5.74) is 0.180. The standard InChI is InChI=1S/C16H19F3N4O3/c1-8(9-2-4-20-5-3-9)21-12-7-10(14-22-23-16(24)26-14)6-11(17)13(12)25-15(18)19/h6-9,15,20-21H,2-5H2,1H3,(H,23,24)/t8-/m0/s1. The average Bonchev–Trinajstić information content (AvgIpc) is 3.04. The van der Waals surface area contributed by atoms with Gasteiger partial charge in [0.1, 0.15) is 0 Å². The monoisotopic (exact) mass is 372 g/mol. The van der Waals surface area contributed by atoms with E-state index in [4.69, 9.17) is 4.42 Å². The maximum atomic E-state index is 14.4. The third kappa shape index (κ3) is 4.18. The Morgan fingerprint density at radius 2 is 2.08 bits per heavy atom. The third-order valence-corrected chi connectivity index (χ3v) is 4.41. The minimum Gasteiger partial charge on any atom is -0.429 e. The van der Waals surface area contributed by atoms with Crippen LogP contribution in [0.2, 0.25) is 0 Å². The molecule has 2 heterocycles. The second-order valence-corrected chi connectivity index (χ2v) is 6.15. The van der Waals surface area contributed by atoms with Gasteiger partial charge < -0.3 is 19.8 Å². The van der Waals surface area contributed by atoms with Gasteiger partial charge in [-0.1, -0.05) is 0 Å². The Bertz CT molecular complexity index is 802. The van der Waals surface area contributed by atoms with Crippen molar-refractivity contribution in [2.45, 2.75) is 32.4 Å². The van der Waals surface area contributed by atoms with E-state index in [0.717, 1.165) is 32.0 Å². The van der Waals surface area contributed by atoms with Crippen molar-refractivity contribution in [2.24, 2.45) is 5.92 Å². The van der Waals surface area contributed by atoms with Crippen molar-refractivity contribution in [1.82, 2.24) is 15.5 Å². The van der Waals surface area contributed by atoms with Gasteiger partial charge in [-0.05, 0) is 50.9 Å². The lowest BCUT2D eigenvalue weighted by atomic mass is 9.91. The average molecular weight is 372 g/mol. The smallest absolute Gasteiger partial charge is 0.429 e. The number of hydrogen-bond acceptors (Lipinski definition) is 6. The topological polar surface area (TPSA) is 92.2 Å². The fourth-order valence-electron chi connectivity index (χ4n) is 3.09. The molecule has 0 amide bonds. The lowest BCUT2D eigenvalue weighted by Crippen LogP contribution is -2.36. The van der Waals surface area contributed by atoms with E-state index in [1.807, 2.05) is 6.92 Å². The summed E-state index contributed by atoms with van der Waals surface area (Å²) in [5, 5.41) is 12.0. The molecule has 1 saturated heterocycles. The fourth-order valence-corrected chi connectivity index (χ4v) is 3.09. The summed E-state index contributed by atoms with van der Waals surface area (Å²) in [6.45, 7) is 0.461. The summed E-state index contributed by atoms with van der Waals surface area (Å²) in [7, 11) is 0. The van der Waals surface area contributed by atoms with Gasteiger partial charge in [0.15, 0.2) is 11.6 Å². The highest BCUT2D eigenvalue weighted by Gasteiger charge is 2.24. The number of H-pyrrole nitrogens is 1. The molecule has 1 aromatic carbocycles. The first-order chi connectivity index (χ1) is 12.4. The molecule has 0 radical (unpaired) electrons. The van der Waals surface area contributed by atoms with E-state index in [1.54, 1.807) is 0 Å². The molecule has 0 spiro atoms. The summed E-state index contributed by atoms with van der Waals surface area (Å²) < 4.78 is 48.9. The Balaban J connectivity index is 1.93. The van der Waals surface area contributed by atoms with Gasteiger partial charge in [-0.25, -0.2) is 14.3 Å². The second kappa shape index (κ2) is 7.81. The summed E-state index contributed by atoms with van der Waals surface area (Å²) in [6, 6.07) is 2.20. The van der Waals surface area contributed by atoms with Gasteiger partial charge in [0, 0.05) is 11.6 Å². The molecule has 0 saturated carbocycles. The van der Waals surface area contributed by atoms with E-state index in [-0.39, 0.29) is 23.2 Å². The molecule has 26 heavy (non-hydrogen) atoms. The van der Waals surface area contributed by atoms with E-state index in [1.165, 1.54) is 6.07 Å². The van der Waals surface area contributed by atoms with E-state index in [9.17, 15) is 18.0 Å². The molecule has 142 valence electrons. The third-order valence-electron chi connectivity index (χ3n) is 4.41. The molecule has 10 heteroatoms. The molecule has 2 aromatic rings. The minimum absolute atomic E-state index is 0.0528. The van der Waals surface area contributed by atoms with E-state index < -0.39 is 23.9 Å². The van der Waals surface area contributed by atoms with Crippen LogP contribution in [0.5, 0.6) is 5.75 Å². The van der Waals surface area contributed by atoms with E-state index >= 15 is 0 Å². The summed E-state index contributed by atoms with van der Waals surface area (Å²) in [6.07, 6.45) is 1.82. The van der Waals surface area contributed by atoms with Crippen LogP contribution in [0.1, 0.15) is 19.8 Å². The maximum absolute atomic E-state index is 14.4. The predicted octanol–water partition coefficient (Wildman–Crippen LogP) is 2.57. The van der Waals surface area contributed by atoms with Crippen molar-refractivity contribution in [3.8, 4) is 17.2 Å². The number of aromatic nitrogens is 2.